The maximum atomic E-state index is 14.4. The van der Waals surface area contributed by atoms with Crippen LogP contribution in [-0.2, 0) is 10.4 Å². The molecule has 5 atom stereocenters. The number of benzene rings is 3. The average Bonchev–Trinajstić information content (AvgIpc) is 2.79. The fourth-order valence-corrected chi connectivity index (χ4v) is 3.90. The summed E-state index contributed by atoms with van der Waals surface area (Å²) in [6, 6.07) is 18.8. The van der Waals surface area contributed by atoms with Gasteiger partial charge in [0.1, 0.15) is 29.7 Å². The molecule has 33 heavy (non-hydrogen) atoms. The summed E-state index contributed by atoms with van der Waals surface area (Å²) in [6.07, 6.45) is -2.14. The molecule has 3 N–H and O–H groups in total. The van der Waals surface area contributed by atoms with Crippen LogP contribution in [0.5, 0.6) is 5.75 Å². The summed E-state index contributed by atoms with van der Waals surface area (Å²) in [5, 5.41) is 32.4. The lowest BCUT2D eigenvalue weighted by atomic mass is 9.97. The van der Waals surface area contributed by atoms with E-state index in [4.69, 9.17) is 9.47 Å². The van der Waals surface area contributed by atoms with Gasteiger partial charge in [-0.15, -0.1) is 0 Å². The average molecular weight is 453 g/mol. The van der Waals surface area contributed by atoms with Gasteiger partial charge in [-0.05, 0) is 60.9 Å². The summed E-state index contributed by atoms with van der Waals surface area (Å²) < 4.78 is 26.0. The van der Waals surface area contributed by atoms with Crippen LogP contribution < -0.4 is 4.74 Å². The Morgan fingerprint density at radius 1 is 0.879 bits per heavy atom. The van der Waals surface area contributed by atoms with E-state index in [1.54, 1.807) is 19.1 Å². The van der Waals surface area contributed by atoms with Crippen molar-refractivity contribution >= 4 is 22.9 Å². The SMILES string of the molecule is CC1OC(Oc2cc3ccccc3cc2/C=C/c2cccc(C(C)(C)F)c2)[C@H](O)C(O)[C@@H]1O. The molecule has 1 aliphatic heterocycles. The van der Waals surface area contributed by atoms with E-state index in [1.807, 2.05) is 60.7 Å². The molecular weight excluding hydrogens is 423 g/mol. The molecule has 1 aliphatic rings. The van der Waals surface area contributed by atoms with Crippen LogP contribution in [0.15, 0.2) is 60.7 Å². The summed E-state index contributed by atoms with van der Waals surface area (Å²) in [7, 11) is 0. The first kappa shape index (κ1) is 23.4. The Morgan fingerprint density at radius 2 is 1.58 bits per heavy atom. The maximum absolute atomic E-state index is 14.4. The summed E-state index contributed by atoms with van der Waals surface area (Å²) in [6.45, 7) is 4.65. The molecule has 1 saturated heterocycles. The second-order valence-electron chi connectivity index (χ2n) is 8.97. The highest BCUT2D eigenvalue weighted by Gasteiger charge is 2.43. The second-order valence-corrected chi connectivity index (χ2v) is 8.97. The number of aliphatic hydroxyl groups is 3. The Kier molecular flexibility index (Phi) is 6.54. The van der Waals surface area contributed by atoms with Crippen molar-refractivity contribution in [2.45, 2.75) is 57.1 Å². The fraction of sp³-hybridized carbons (Fsp3) is 0.333. The van der Waals surface area contributed by atoms with E-state index >= 15 is 0 Å². The minimum absolute atomic E-state index is 0.451. The summed E-state index contributed by atoms with van der Waals surface area (Å²) in [4.78, 5) is 0. The highest BCUT2D eigenvalue weighted by molar-refractivity contribution is 5.88. The van der Waals surface area contributed by atoms with Crippen LogP contribution in [0.1, 0.15) is 37.5 Å². The molecule has 0 aromatic heterocycles. The van der Waals surface area contributed by atoms with Crippen molar-refractivity contribution in [1.82, 2.24) is 0 Å². The third kappa shape index (κ3) is 5.09. The van der Waals surface area contributed by atoms with Crippen molar-refractivity contribution in [3.8, 4) is 5.75 Å². The largest absolute Gasteiger partial charge is 0.461 e. The Labute approximate surface area is 192 Å². The van der Waals surface area contributed by atoms with E-state index in [9.17, 15) is 19.7 Å². The Morgan fingerprint density at radius 3 is 2.27 bits per heavy atom. The van der Waals surface area contributed by atoms with Crippen molar-refractivity contribution < 1.29 is 29.2 Å². The molecule has 1 fully saturated rings. The second kappa shape index (κ2) is 9.23. The first-order valence-corrected chi connectivity index (χ1v) is 11.0. The number of alkyl halides is 1. The van der Waals surface area contributed by atoms with Gasteiger partial charge in [0.2, 0.25) is 6.29 Å². The van der Waals surface area contributed by atoms with Crippen LogP contribution >= 0.6 is 0 Å². The van der Waals surface area contributed by atoms with Gasteiger partial charge in [0, 0.05) is 5.56 Å². The van der Waals surface area contributed by atoms with Crippen LogP contribution in [-0.4, -0.2) is 46.0 Å². The Bertz CT molecular complexity index is 1150. The lowest BCUT2D eigenvalue weighted by molar-refractivity contribution is -0.268. The molecule has 5 nitrogen and oxygen atoms in total. The predicted molar refractivity (Wildman–Crippen MR) is 126 cm³/mol. The standard InChI is InChI=1S/C27H29FO5/c1-16-23(29)24(30)25(31)26(32-16)33-22-15-19-9-5-4-8-18(19)14-20(22)12-11-17-7-6-10-21(13-17)27(2,3)28/h4-16,23-26,29-31H,1-3H3/b12-11+/t16?,23-,24?,25-,26?/m1/s1. The topological polar surface area (TPSA) is 79.2 Å². The third-order valence-electron chi connectivity index (χ3n) is 5.96. The molecule has 3 aromatic carbocycles. The summed E-state index contributed by atoms with van der Waals surface area (Å²) in [5.74, 6) is 0.451. The molecule has 3 unspecified atom stereocenters. The number of fused-ring (bicyclic) bond motifs is 1. The molecule has 0 bridgehead atoms. The molecular formula is C27H29FO5. The van der Waals surface area contributed by atoms with Crippen molar-refractivity contribution in [2.24, 2.45) is 0 Å². The molecule has 4 rings (SSSR count). The van der Waals surface area contributed by atoms with Gasteiger partial charge in [-0.1, -0.05) is 54.6 Å². The zero-order chi connectivity index (χ0) is 23.8. The first-order chi connectivity index (χ1) is 15.6. The van der Waals surface area contributed by atoms with Crippen LogP contribution in [0.25, 0.3) is 22.9 Å². The van der Waals surface area contributed by atoms with Gasteiger partial charge < -0.3 is 24.8 Å². The summed E-state index contributed by atoms with van der Waals surface area (Å²) >= 11 is 0. The molecule has 0 aliphatic carbocycles. The lowest BCUT2D eigenvalue weighted by Gasteiger charge is -2.39. The highest BCUT2D eigenvalue weighted by atomic mass is 19.1. The first-order valence-electron chi connectivity index (χ1n) is 11.0. The van der Waals surface area contributed by atoms with E-state index < -0.39 is 36.4 Å². The van der Waals surface area contributed by atoms with Gasteiger partial charge in [-0.3, -0.25) is 0 Å². The van der Waals surface area contributed by atoms with E-state index in [2.05, 4.69) is 0 Å². The highest BCUT2D eigenvalue weighted by Crippen LogP contribution is 2.32. The van der Waals surface area contributed by atoms with Gasteiger partial charge in [-0.25, -0.2) is 4.39 Å². The van der Waals surface area contributed by atoms with E-state index in [0.29, 0.717) is 11.3 Å². The van der Waals surface area contributed by atoms with Gasteiger partial charge in [0.05, 0.1) is 6.10 Å². The summed E-state index contributed by atoms with van der Waals surface area (Å²) in [5.41, 5.74) is 0.693. The van der Waals surface area contributed by atoms with E-state index in [0.717, 1.165) is 21.9 Å². The lowest BCUT2D eigenvalue weighted by Crippen LogP contribution is -2.58. The molecule has 3 aromatic rings. The smallest absolute Gasteiger partial charge is 0.229 e. The zero-order valence-electron chi connectivity index (χ0n) is 18.9. The molecule has 0 saturated carbocycles. The number of hydrogen-bond donors (Lipinski definition) is 3. The molecule has 0 amide bonds. The van der Waals surface area contributed by atoms with Crippen molar-refractivity contribution in [2.75, 3.05) is 0 Å². The van der Waals surface area contributed by atoms with Gasteiger partial charge in [-0.2, -0.15) is 0 Å². The quantitative estimate of drug-likeness (QED) is 0.500. The maximum Gasteiger partial charge on any atom is 0.229 e. The Hall–Kier alpha value is -2.77. The molecule has 6 heteroatoms. The van der Waals surface area contributed by atoms with Crippen LogP contribution in [0.3, 0.4) is 0 Å². The predicted octanol–water partition coefficient (Wildman–Crippen LogP) is 4.42. The monoisotopic (exact) mass is 452 g/mol. The van der Waals surface area contributed by atoms with E-state index in [1.165, 1.54) is 13.8 Å². The number of aliphatic hydroxyl groups excluding tert-OH is 3. The van der Waals surface area contributed by atoms with Crippen molar-refractivity contribution in [1.29, 1.82) is 0 Å². The molecule has 1 heterocycles. The minimum Gasteiger partial charge on any atom is -0.461 e. The van der Waals surface area contributed by atoms with Crippen LogP contribution in [0.2, 0.25) is 0 Å². The number of halogens is 1. The molecule has 174 valence electrons. The Balaban J connectivity index is 1.69. The normalized spacial score (nSPS) is 26.1. The fourth-order valence-electron chi connectivity index (χ4n) is 3.90. The van der Waals surface area contributed by atoms with Gasteiger partial charge >= 0.3 is 0 Å². The van der Waals surface area contributed by atoms with Crippen LogP contribution in [0.4, 0.5) is 4.39 Å². The number of hydrogen-bond acceptors (Lipinski definition) is 5. The molecule has 0 radical (unpaired) electrons. The molecule has 0 spiro atoms. The number of ether oxygens (including phenoxy) is 2. The van der Waals surface area contributed by atoms with Gasteiger partial charge in [0.15, 0.2) is 0 Å². The van der Waals surface area contributed by atoms with Crippen molar-refractivity contribution in [3.63, 3.8) is 0 Å². The number of rotatable bonds is 5. The van der Waals surface area contributed by atoms with Gasteiger partial charge in [0.25, 0.3) is 0 Å². The minimum atomic E-state index is -1.45. The zero-order valence-corrected chi connectivity index (χ0v) is 18.9. The van der Waals surface area contributed by atoms with Crippen LogP contribution in [0, 0.1) is 0 Å². The van der Waals surface area contributed by atoms with E-state index in [-0.39, 0.29) is 0 Å². The third-order valence-corrected chi connectivity index (χ3v) is 5.96. The van der Waals surface area contributed by atoms with Crippen molar-refractivity contribution in [3.05, 3.63) is 77.4 Å².